The summed E-state index contributed by atoms with van der Waals surface area (Å²) in [6.45, 7) is 7.49. The zero-order valence-electron chi connectivity index (χ0n) is 8.16. The molecule has 0 spiro atoms. The smallest absolute Gasteiger partial charge is 0.333 e. The summed E-state index contributed by atoms with van der Waals surface area (Å²) in [7, 11) is 0. The van der Waals surface area contributed by atoms with Crippen LogP contribution < -0.4 is 0 Å². The van der Waals surface area contributed by atoms with Crippen LogP contribution in [0.5, 0.6) is 0 Å². The van der Waals surface area contributed by atoms with Crippen molar-refractivity contribution in [1.82, 2.24) is 0 Å². The Morgan fingerprint density at radius 2 is 1.92 bits per heavy atom. The number of carboxylic acids is 1. The minimum atomic E-state index is -1.27. The standard InChI is InChI=1S/C9H18O3/c1-5-6(2)9(3,4)7(10)8(11)12/h6-7,10H,5H2,1-4H3,(H,11,12). The molecule has 0 bridgehead atoms. The lowest BCUT2D eigenvalue weighted by atomic mass is 9.74. The number of aliphatic hydroxyl groups excluding tert-OH is 1. The van der Waals surface area contributed by atoms with Crippen LogP contribution in [0.3, 0.4) is 0 Å². The van der Waals surface area contributed by atoms with Crippen LogP contribution in [0.25, 0.3) is 0 Å². The zero-order valence-corrected chi connectivity index (χ0v) is 8.16. The van der Waals surface area contributed by atoms with Gasteiger partial charge >= 0.3 is 5.97 Å². The number of carboxylic acid groups (broad SMARTS) is 1. The van der Waals surface area contributed by atoms with Crippen LogP contribution in [0.1, 0.15) is 34.1 Å². The van der Waals surface area contributed by atoms with Gasteiger partial charge in [-0.3, -0.25) is 0 Å². The maximum Gasteiger partial charge on any atom is 0.333 e. The summed E-state index contributed by atoms with van der Waals surface area (Å²) in [5.41, 5.74) is -0.555. The molecule has 0 aliphatic heterocycles. The summed E-state index contributed by atoms with van der Waals surface area (Å²) in [5, 5.41) is 18.0. The van der Waals surface area contributed by atoms with Crippen molar-refractivity contribution < 1.29 is 15.0 Å². The van der Waals surface area contributed by atoms with Crippen molar-refractivity contribution in [3.8, 4) is 0 Å². The lowest BCUT2D eigenvalue weighted by Crippen LogP contribution is -2.40. The molecule has 0 aliphatic carbocycles. The van der Waals surface area contributed by atoms with Gasteiger partial charge in [-0.2, -0.15) is 0 Å². The molecule has 0 heterocycles. The average Bonchev–Trinajstić information content (AvgIpc) is 2.01. The fraction of sp³-hybridized carbons (Fsp3) is 0.889. The molecule has 12 heavy (non-hydrogen) atoms. The predicted molar refractivity (Wildman–Crippen MR) is 46.9 cm³/mol. The van der Waals surface area contributed by atoms with Crippen LogP contribution in [0.4, 0.5) is 0 Å². The second-order valence-electron chi connectivity index (χ2n) is 3.87. The number of carbonyl (C=O) groups is 1. The van der Waals surface area contributed by atoms with Crippen molar-refractivity contribution in [3.05, 3.63) is 0 Å². The molecule has 3 nitrogen and oxygen atoms in total. The molecule has 0 aromatic heterocycles. The summed E-state index contributed by atoms with van der Waals surface area (Å²) < 4.78 is 0. The first kappa shape index (κ1) is 11.4. The maximum atomic E-state index is 10.5. The second kappa shape index (κ2) is 3.90. The highest BCUT2D eigenvalue weighted by Gasteiger charge is 2.37. The Hall–Kier alpha value is -0.570. The quantitative estimate of drug-likeness (QED) is 0.679. The zero-order chi connectivity index (χ0) is 9.94. The number of rotatable bonds is 4. The number of aliphatic hydroxyl groups is 1. The van der Waals surface area contributed by atoms with Crippen molar-refractivity contribution in [2.45, 2.75) is 40.2 Å². The van der Waals surface area contributed by atoms with E-state index < -0.39 is 17.5 Å². The fourth-order valence-corrected chi connectivity index (χ4v) is 1.11. The molecule has 0 aliphatic rings. The van der Waals surface area contributed by atoms with E-state index in [0.717, 1.165) is 6.42 Å². The van der Waals surface area contributed by atoms with E-state index in [-0.39, 0.29) is 5.92 Å². The van der Waals surface area contributed by atoms with Crippen molar-refractivity contribution in [2.24, 2.45) is 11.3 Å². The van der Waals surface area contributed by atoms with E-state index in [1.54, 1.807) is 13.8 Å². The molecule has 0 aromatic carbocycles. The molecule has 0 radical (unpaired) electrons. The highest BCUT2D eigenvalue weighted by Crippen LogP contribution is 2.32. The lowest BCUT2D eigenvalue weighted by Gasteiger charge is -2.33. The molecule has 72 valence electrons. The molecule has 0 amide bonds. The Kier molecular flexibility index (Phi) is 3.71. The predicted octanol–water partition coefficient (Wildman–Crippen LogP) is 1.50. The summed E-state index contributed by atoms with van der Waals surface area (Å²) in [6.07, 6.45) is -0.399. The molecule has 2 N–H and O–H groups in total. The molecular formula is C9H18O3. The van der Waals surface area contributed by atoms with Crippen LogP contribution in [-0.4, -0.2) is 22.3 Å². The largest absolute Gasteiger partial charge is 0.479 e. The van der Waals surface area contributed by atoms with Gasteiger partial charge < -0.3 is 10.2 Å². The average molecular weight is 174 g/mol. The first-order chi connectivity index (χ1) is 5.34. The number of hydrogen-bond donors (Lipinski definition) is 2. The minimum Gasteiger partial charge on any atom is -0.479 e. The van der Waals surface area contributed by atoms with Gasteiger partial charge in [0, 0.05) is 5.41 Å². The molecule has 2 atom stereocenters. The van der Waals surface area contributed by atoms with Crippen LogP contribution >= 0.6 is 0 Å². The van der Waals surface area contributed by atoms with Crippen molar-refractivity contribution in [1.29, 1.82) is 0 Å². The van der Waals surface area contributed by atoms with E-state index in [9.17, 15) is 9.90 Å². The van der Waals surface area contributed by atoms with Gasteiger partial charge in [-0.05, 0) is 5.92 Å². The van der Waals surface area contributed by atoms with Gasteiger partial charge in [-0.25, -0.2) is 4.79 Å². The Balaban J connectivity index is 4.48. The van der Waals surface area contributed by atoms with Gasteiger partial charge in [0.25, 0.3) is 0 Å². The van der Waals surface area contributed by atoms with Crippen LogP contribution in [0, 0.1) is 11.3 Å². The van der Waals surface area contributed by atoms with Gasteiger partial charge in [0.05, 0.1) is 0 Å². The second-order valence-corrected chi connectivity index (χ2v) is 3.87. The SMILES string of the molecule is CCC(C)C(C)(C)C(O)C(=O)O. The van der Waals surface area contributed by atoms with E-state index in [1.807, 2.05) is 13.8 Å². The van der Waals surface area contributed by atoms with Crippen LogP contribution in [-0.2, 0) is 4.79 Å². The lowest BCUT2D eigenvalue weighted by molar-refractivity contribution is -0.155. The summed E-state index contributed by atoms with van der Waals surface area (Å²) in [4.78, 5) is 10.5. The molecule has 0 rings (SSSR count). The van der Waals surface area contributed by atoms with Crippen molar-refractivity contribution in [3.63, 3.8) is 0 Å². The minimum absolute atomic E-state index is 0.198. The molecule has 0 aromatic rings. The molecule has 3 heteroatoms. The van der Waals surface area contributed by atoms with E-state index in [1.165, 1.54) is 0 Å². The van der Waals surface area contributed by atoms with Crippen LogP contribution in [0.15, 0.2) is 0 Å². The first-order valence-electron chi connectivity index (χ1n) is 4.24. The monoisotopic (exact) mass is 174 g/mol. The normalized spacial score (nSPS) is 17.1. The maximum absolute atomic E-state index is 10.5. The molecule has 2 unspecified atom stereocenters. The molecule has 0 saturated carbocycles. The highest BCUT2D eigenvalue weighted by molar-refractivity contribution is 5.73. The van der Waals surface area contributed by atoms with Crippen LogP contribution in [0.2, 0.25) is 0 Å². The van der Waals surface area contributed by atoms with E-state index >= 15 is 0 Å². The molecule has 0 fully saturated rings. The summed E-state index contributed by atoms with van der Waals surface area (Å²) in [5.74, 6) is -0.941. The first-order valence-corrected chi connectivity index (χ1v) is 4.24. The Bertz CT molecular complexity index is 163. The molecule has 0 saturated heterocycles. The van der Waals surface area contributed by atoms with Gasteiger partial charge in [0.15, 0.2) is 6.10 Å². The summed E-state index contributed by atoms with van der Waals surface area (Å²) in [6, 6.07) is 0. The highest BCUT2D eigenvalue weighted by atomic mass is 16.4. The van der Waals surface area contributed by atoms with Gasteiger partial charge in [-0.1, -0.05) is 34.1 Å². The van der Waals surface area contributed by atoms with Crippen molar-refractivity contribution >= 4 is 5.97 Å². The van der Waals surface area contributed by atoms with Gasteiger partial charge in [0.2, 0.25) is 0 Å². The Labute approximate surface area is 73.4 Å². The van der Waals surface area contributed by atoms with Gasteiger partial charge in [0.1, 0.15) is 0 Å². The van der Waals surface area contributed by atoms with E-state index in [2.05, 4.69) is 0 Å². The Morgan fingerprint density at radius 3 is 2.17 bits per heavy atom. The Morgan fingerprint density at radius 1 is 1.50 bits per heavy atom. The topological polar surface area (TPSA) is 57.5 Å². The third kappa shape index (κ3) is 2.21. The number of aliphatic carboxylic acids is 1. The van der Waals surface area contributed by atoms with E-state index in [4.69, 9.17) is 5.11 Å². The third-order valence-electron chi connectivity index (χ3n) is 2.82. The third-order valence-corrected chi connectivity index (χ3v) is 2.82. The summed E-state index contributed by atoms with van der Waals surface area (Å²) >= 11 is 0. The number of hydrogen-bond acceptors (Lipinski definition) is 2. The van der Waals surface area contributed by atoms with Crippen molar-refractivity contribution in [2.75, 3.05) is 0 Å². The van der Waals surface area contributed by atoms with E-state index in [0.29, 0.717) is 0 Å². The van der Waals surface area contributed by atoms with Gasteiger partial charge in [-0.15, -0.1) is 0 Å². The molecular weight excluding hydrogens is 156 g/mol. The fourth-order valence-electron chi connectivity index (χ4n) is 1.11.